The van der Waals surface area contributed by atoms with Crippen LogP contribution in [0.5, 0.6) is 0 Å². The van der Waals surface area contributed by atoms with Gasteiger partial charge in [-0.3, -0.25) is 4.79 Å². The molecule has 0 aliphatic rings. The molecular formula is C18H18F2O3. The van der Waals surface area contributed by atoms with E-state index < -0.39 is 23.2 Å². The fraction of sp³-hybridized carbons (Fsp3) is 0.278. The van der Waals surface area contributed by atoms with Gasteiger partial charge in [0.2, 0.25) is 0 Å². The Balaban J connectivity index is 2.23. The molecule has 0 bridgehead atoms. The molecule has 0 heterocycles. The first-order chi connectivity index (χ1) is 10.8. The Morgan fingerprint density at radius 2 is 1.83 bits per heavy atom. The zero-order valence-electron chi connectivity index (χ0n) is 13.0. The van der Waals surface area contributed by atoms with Gasteiger partial charge in [-0.25, -0.2) is 8.78 Å². The van der Waals surface area contributed by atoms with Gasteiger partial charge in [0.05, 0.1) is 18.6 Å². The zero-order chi connectivity index (χ0) is 17.0. The lowest BCUT2D eigenvalue weighted by atomic mass is 9.91. The van der Waals surface area contributed by atoms with Crippen molar-refractivity contribution in [2.24, 2.45) is 0 Å². The van der Waals surface area contributed by atoms with Crippen LogP contribution in [0.4, 0.5) is 8.78 Å². The summed E-state index contributed by atoms with van der Waals surface area (Å²) in [5, 5.41) is 10.4. The van der Waals surface area contributed by atoms with E-state index in [2.05, 4.69) is 0 Å². The first kappa shape index (κ1) is 17.1. The molecule has 1 atom stereocenters. The van der Waals surface area contributed by atoms with Crippen LogP contribution in [-0.4, -0.2) is 17.7 Å². The summed E-state index contributed by atoms with van der Waals surface area (Å²) in [5.74, 6) is -1.79. The molecule has 0 saturated carbocycles. The molecule has 1 N–H and O–H groups in total. The number of rotatable bonds is 5. The van der Waals surface area contributed by atoms with Crippen LogP contribution in [0.25, 0.3) is 11.1 Å². The number of benzene rings is 2. The van der Waals surface area contributed by atoms with Gasteiger partial charge >= 0.3 is 5.97 Å². The summed E-state index contributed by atoms with van der Waals surface area (Å²) in [5.41, 5.74) is -0.0513. The Bertz CT molecular complexity index is 694. The van der Waals surface area contributed by atoms with Gasteiger partial charge < -0.3 is 9.84 Å². The Kier molecular flexibility index (Phi) is 5.11. The van der Waals surface area contributed by atoms with Gasteiger partial charge in [0.1, 0.15) is 11.6 Å². The predicted molar refractivity (Wildman–Crippen MR) is 82.6 cm³/mol. The van der Waals surface area contributed by atoms with Crippen LogP contribution in [0.15, 0.2) is 42.5 Å². The third kappa shape index (κ3) is 4.13. The topological polar surface area (TPSA) is 46.5 Å². The highest BCUT2D eigenvalue weighted by Crippen LogP contribution is 2.29. The molecule has 23 heavy (non-hydrogen) atoms. The number of esters is 1. The maximum absolute atomic E-state index is 13.8. The summed E-state index contributed by atoms with van der Waals surface area (Å²) in [6.07, 6.45) is -0.175. The quantitative estimate of drug-likeness (QED) is 0.853. The number of hydrogen-bond acceptors (Lipinski definition) is 3. The van der Waals surface area contributed by atoms with E-state index in [9.17, 15) is 18.7 Å². The number of hydrogen-bond donors (Lipinski definition) is 1. The van der Waals surface area contributed by atoms with E-state index in [0.29, 0.717) is 11.1 Å². The molecular weight excluding hydrogens is 302 g/mol. The average Bonchev–Trinajstić information content (AvgIpc) is 2.47. The van der Waals surface area contributed by atoms with Gasteiger partial charge in [0, 0.05) is 11.6 Å². The summed E-state index contributed by atoms with van der Waals surface area (Å²) in [7, 11) is 0. The Morgan fingerprint density at radius 1 is 1.17 bits per heavy atom. The average molecular weight is 320 g/mol. The van der Waals surface area contributed by atoms with E-state index in [1.807, 2.05) is 0 Å². The second-order valence-corrected chi connectivity index (χ2v) is 5.46. The van der Waals surface area contributed by atoms with E-state index in [1.54, 1.807) is 31.2 Å². The van der Waals surface area contributed by atoms with Crippen LogP contribution < -0.4 is 0 Å². The highest BCUT2D eigenvalue weighted by Gasteiger charge is 2.27. The maximum Gasteiger partial charge on any atom is 0.309 e. The molecule has 0 aliphatic heterocycles. The number of ether oxygens (including phenoxy) is 1. The summed E-state index contributed by atoms with van der Waals surface area (Å²) < 4.78 is 31.6. The highest BCUT2D eigenvalue weighted by atomic mass is 19.1. The lowest BCUT2D eigenvalue weighted by Gasteiger charge is -2.23. The highest BCUT2D eigenvalue weighted by molar-refractivity contribution is 5.71. The second kappa shape index (κ2) is 6.87. The van der Waals surface area contributed by atoms with Gasteiger partial charge in [0.15, 0.2) is 0 Å². The Morgan fingerprint density at radius 3 is 2.39 bits per heavy atom. The summed E-state index contributed by atoms with van der Waals surface area (Å²) in [6.45, 7) is 3.45. The first-order valence-electron chi connectivity index (χ1n) is 7.27. The number of carbonyl (C=O) groups excluding carboxylic acids is 1. The predicted octanol–water partition coefficient (Wildman–Crippen LogP) is 3.79. The van der Waals surface area contributed by atoms with Crippen molar-refractivity contribution in [2.45, 2.75) is 25.9 Å². The normalized spacial score (nSPS) is 13.4. The SMILES string of the molecule is CCOC(=O)CC(C)(O)c1ccc(-c2ccc(F)cc2F)cc1. The standard InChI is InChI=1S/C18H18F2O3/c1-3-23-17(21)11-18(2,22)13-6-4-12(5-7-13)15-9-8-14(19)10-16(15)20/h4-10,22H,3,11H2,1-2H3. The van der Waals surface area contributed by atoms with Crippen molar-refractivity contribution in [1.82, 2.24) is 0 Å². The molecule has 2 rings (SSSR count). The molecule has 0 aromatic heterocycles. The summed E-state index contributed by atoms with van der Waals surface area (Å²) in [6, 6.07) is 9.81. The fourth-order valence-corrected chi connectivity index (χ4v) is 2.33. The van der Waals surface area contributed by atoms with Crippen LogP contribution >= 0.6 is 0 Å². The Labute approximate surface area is 133 Å². The van der Waals surface area contributed by atoms with Gasteiger partial charge in [0.25, 0.3) is 0 Å². The third-order valence-electron chi connectivity index (χ3n) is 3.54. The molecule has 0 radical (unpaired) electrons. The Hall–Kier alpha value is -2.27. The molecule has 0 saturated heterocycles. The molecule has 122 valence electrons. The van der Waals surface area contributed by atoms with Crippen molar-refractivity contribution in [2.75, 3.05) is 6.61 Å². The fourth-order valence-electron chi connectivity index (χ4n) is 2.33. The van der Waals surface area contributed by atoms with Gasteiger partial charge in [-0.15, -0.1) is 0 Å². The van der Waals surface area contributed by atoms with Gasteiger partial charge in [-0.1, -0.05) is 24.3 Å². The number of halogens is 2. The van der Waals surface area contributed by atoms with Crippen molar-refractivity contribution < 1.29 is 23.4 Å². The molecule has 0 spiro atoms. The number of aliphatic hydroxyl groups is 1. The molecule has 2 aromatic carbocycles. The van der Waals surface area contributed by atoms with Crippen molar-refractivity contribution in [1.29, 1.82) is 0 Å². The van der Waals surface area contributed by atoms with E-state index in [0.717, 1.165) is 6.07 Å². The van der Waals surface area contributed by atoms with E-state index in [1.165, 1.54) is 19.1 Å². The second-order valence-electron chi connectivity index (χ2n) is 5.46. The minimum atomic E-state index is -1.38. The zero-order valence-corrected chi connectivity index (χ0v) is 13.0. The molecule has 0 fully saturated rings. The molecule has 3 nitrogen and oxygen atoms in total. The third-order valence-corrected chi connectivity index (χ3v) is 3.54. The lowest BCUT2D eigenvalue weighted by molar-refractivity contribution is -0.148. The van der Waals surface area contributed by atoms with Crippen molar-refractivity contribution in [3.63, 3.8) is 0 Å². The van der Waals surface area contributed by atoms with E-state index >= 15 is 0 Å². The molecule has 5 heteroatoms. The summed E-state index contributed by atoms with van der Waals surface area (Å²) >= 11 is 0. The smallest absolute Gasteiger partial charge is 0.309 e. The monoisotopic (exact) mass is 320 g/mol. The minimum Gasteiger partial charge on any atom is -0.466 e. The van der Waals surface area contributed by atoms with Crippen LogP contribution in [0.2, 0.25) is 0 Å². The van der Waals surface area contributed by atoms with Crippen LogP contribution in [0, 0.1) is 11.6 Å². The van der Waals surface area contributed by atoms with Crippen LogP contribution in [0.1, 0.15) is 25.8 Å². The minimum absolute atomic E-state index is 0.175. The van der Waals surface area contributed by atoms with Crippen molar-refractivity contribution >= 4 is 5.97 Å². The molecule has 0 amide bonds. The summed E-state index contributed by atoms with van der Waals surface area (Å²) in [4.78, 5) is 11.5. The van der Waals surface area contributed by atoms with Gasteiger partial charge in [-0.05, 0) is 37.1 Å². The van der Waals surface area contributed by atoms with Crippen molar-refractivity contribution in [3.05, 3.63) is 59.7 Å². The molecule has 2 aromatic rings. The molecule has 0 aliphatic carbocycles. The van der Waals surface area contributed by atoms with Crippen LogP contribution in [0.3, 0.4) is 0 Å². The first-order valence-corrected chi connectivity index (χ1v) is 7.27. The largest absolute Gasteiger partial charge is 0.466 e. The number of carbonyl (C=O) groups is 1. The lowest BCUT2D eigenvalue weighted by Crippen LogP contribution is -2.26. The van der Waals surface area contributed by atoms with E-state index in [4.69, 9.17) is 4.74 Å². The van der Waals surface area contributed by atoms with E-state index in [-0.39, 0.29) is 18.6 Å². The van der Waals surface area contributed by atoms with Gasteiger partial charge in [-0.2, -0.15) is 0 Å². The maximum atomic E-state index is 13.8. The van der Waals surface area contributed by atoms with Crippen LogP contribution in [-0.2, 0) is 15.1 Å². The molecule has 1 unspecified atom stereocenters. The van der Waals surface area contributed by atoms with Crippen molar-refractivity contribution in [3.8, 4) is 11.1 Å².